The van der Waals surface area contributed by atoms with E-state index in [-0.39, 0.29) is 18.0 Å². The highest BCUT2D eigenvalue weighted by Gasteiger charge is 2.24. The lowest BCUT2D eigenvalue weighted by Gasteiger charge is -2.11. The van der Waals surface area contributed by atoms with Gasteiger partial charge in [-0.2, -0.15) is 0 Å². The molecule has 1 aromatic heterocycles. The molecule has 5 heteroatoms. The van der Waals surface area contributed by atoms with Gasteiger partial charge in [0.25, 0.3) is 0 Å². The standard InChI is InChI=1S/C16H25NO3S/c1-6-8-9-13(18)17-15-14(16(19)20-10(3)4)12(7-2)11(5)21-15/h10H,6-9H2,1-5H3,(H,17,18). The molecule has 0 atom stereocenters. The molecule has 1 aromatic rings. The quantitative estimate of drug-likeness (QED) is 0.763. The molecule has 0 unspecified atom stereocenters. The van der Waals surface area contributed by atoms with Crippen LogP contribution in [-0.2, 0) is 16.0 Å². The number of hydrogen-bond acceptors (Lipinski definition) is 4. The van der Waals surface area contributed by atoms with Gasteiger partial charge < -0.3 is 10.1 Å². The van der Waals surface area contributed by atoms with E-state index in [9.17, 15) is 9.59 Å². The second-order valence-electron chi connectivity index (χ2n) is 5.30. The van der Waals surface area contributed by atoms with Crippen molar-refractivity contribution in [3.8, 4) is 0 Å². The Hall–Kier alpha value is -1.36. The summed E-state index contributed by atoms with van der Waals surface area (Å²) in [5, 5.41) is 3.50. The Balaban J connectivity index is 3.03. The number of anilines is 1. The molecule has 0 aliphatic carbocycles. The monoisotopic (exact) mass is 311 g/mol. The van der Waals surface area contributed by atoms with Crippen molar-refractivity contribution in [3.05, 3.63) is 16.0 Å². The molecule has 0 saturated heterocycles. The van der Waals surface area contributed by atoms with Gasteiger partial charge in [0.05, 0.1) is 11.7 Å². The van der Waals surface area contributed by atoms with Crippen molar-refractivity contribution < 1.29 is 14.3 Å². The van der Waals surface area contributed by atoms with Crippen LogP contribution >= 0.6 is 11.3 Å². The lowest BCUT2D eigenvalue weighted by Crippen LogP contribution is -2.17. The Morgan fingerprint density at radius 3 is 2.48 bits per heavy atom. The highest BCUT2D eigenvalue weighted by atomic mass is 32.1. The molecule has 0 bridgehead atoms. The van der Waals surface area contributed by atoms with Crippen molar-refractivity contribution in [2.75, 3.05) is 5.32 Å². The third kappa shape index (κ3) is 4.84. The van der Waals surface area contributed by atoms with Crippen molar-refractivity contribution in [1.82, 2.24) is 0 Å². The van der Waals surface area contributed by atoms with Crippen molar-refractivity contribution in [2.24, 2.45) is 0 Å². The summed E-state index contributed by atoms with van der Waals surface area (Å²) in [6, 6.07) is 0. The Kier molecular flexibility index (Phi) is 6.89. The van der Waals surface area contributed by atoms with Crippen LogP contribution in [0.1, 0.15) is 67.8 Å². The summed E-state index contributed by atoms with van der Waals surface area (Å²) in [5.74, 6) is -0.392. The van der Waals surface area contributed by atoms with E-state index in [4.69, 9.17) is 4.74 Å². The Bertz CT molecular complexity index is 506. The molecule has 1 rings (SSSR count). The Morgan fingerprint density at radius 2 is 1.95 bits per heavy atom. The molecule has 4 nitrogen and oxygen atoms in total. The number of aryl methyl sites for hydroxylation is 1. The molecule has 0 aliphatic heterocycles. The topological polar surface area (TPSA) is 55.4 Å². The first-order valence-electron chi connectivity index (χ1n) is 7.53. The molecular formula is C16H25NO3S. The highest BCUT2D eigenvalue weighted by Crippen LogP contribution is 2.34. The van der Waals surface area contributed by atoms with Crippen LogP contribution in [0.15, 0.2) is 0 Å². The molecule has 0 saturated carbocycles. The number of esters is 1. The van der Waals surface area contributed by atoms with Crippen LogP contribution in [0.25, 0.3) is 0 Å². The van der Waals surface area contributed by atoms with Crippen molar-refractivity contribution >= 4 is 28.2 Å². The van der Waals surface area contributed by atoms with Gasteiger partial charge in [0.2, 0.25) is 5.91 Å². The maximum Gasteiger partial charge on any atom is 0.341 e. The van der Waals surface area contributed by atoms with E-state index >= 15 is 0 Å². The predicted molar refractivity (Wildman–Crippen MR) is 87.1 cm³/mol. The summed E-state index contributed by atoms with van der Waals surface area (Å²) in [5.41, 5.74) is 1.50. The van der Waals surface area contributed by atoms with Gasteiger partial charge in [-0.3, -0.25) is 4.79 Å². The molecular weight excluding hydrogens is 286 g/mol. The number of thiophene rings is 1. The molecule has 0 fully saturated rings. The van der Waals surface area contributed by atoms with E-state index in [0.717, 1.165) is 29.7 Å². The molecule has 0 radical (unpaired) electrons. The SMILES string of the molecule is CCCCC(=O)Nc1sc(C)c(CC)c1C(=O)OC(C)C. The number of ether oxygens (including phenoxy) is 1. The number of nitrogens with one attached hydrogen (secondary N) is 1. The van der Waals surface area contributed by atoms with E-state index in [1.807, 2.05) is 34.6 Å². The van der Waals surface area contributed by atoms with Gasteiger partial charge in [-0.15, -0.1) is 11.3 Å². The first-order valence-corrected chi connectivity index (χ1v) is 8.35. The fraction of sp³-hybridized carbons (Fsp3) is 0.625. The van der Waals surface area contributed by atoms with E-state index in [1.165, 1.54) is 11.3 Å². The van der Waals surface area contributed by atoms with E-state index in [2.05, 4.69) is 5.32 Å². The number of amides is 1. The van der Waals surface area contributed by atoms with Crippen LogP contribution < -0.4 is 5.32 Å². The van der Waals surface area contributed by atoms with Gasteiger partial charge in [-0.05, 0) is 39.2 Å². The maximum atomic E-state index is 12.3. The van der Waals surface area contributed by atoms with Crippen LogP contribution in [0.5, 0.6) is 0 Å². The molecule has 1 N–H and O–H groups in total. The smallest absolute Gasteiger partial charge is 0.341 e. The lowest BCUT2D eigenvalue weighted by atomic mass is 10.1. The van der Waals surface area contributed by atoms with E-state index < -0.39 is 0 Å². The summed E-state index contributed by atoms with van der Waals surface area (Å²) < 4.78 is 5.31. The zero-order valence-corrected chi connectivity index (χ0v) is 14.4. The number of unbranched alkanes of at least 4 members (excludes halogenated alkanes) is 1. The van der Waals surface area contributed by atoms with Gasteiger partial charge in [-0.25, -0.2) is 4.79 Å². The van der Waals surface area contributed by atoms with Crippen molar-refractivity contribution in [1.29, 1.82) is 0 Å². The lowest BCUT2D eigenvalue weighted by molar-refractivity contribution is -0.116. The zero-order valence-electron chi connectivity index (χ0n) is 13.5. The summed E-state index contributed by atoms with van der Waals surface area (Å²) in [7, 11) is 0. The third-order valence-electron chi connectivity index (χ3n) is 3.12. The Labute approximate surface area is 130 Å². The first-order chi connectivity index (χ1) is 9.90. The summed E-state index contributed by atoms with van der Waals surface area (Å²) in [6.45, 7) is 9.66. The minimum atomic E-state index is -0.350. The van der Waals surface area contributed by atoms with E-state index in [1.54, 1.807) is 0 Å². The van der Waals surface area contributed by atoms with Gasteiger partial charge >= 0.3 is 5.97 Å². The third-order valence-corrected chi connectivity index (χ3v) is 4.18. The Morgan fingerprint density at radius 1 is 1.29 bits per heavy atom. The summed E-state index contributed by atoms with van der Waals surface area (Å²) in [6.07, 6.45) is 2.87. The maximum absolute atomic E-state index is 12.3. The summed E-state index contributed by atoms with van der Waals surface area (Å²) >= 11 is 1.45. The normalized spacial score (nSPS) is 10.8. The average Bonchev–Trinajstić information content (AvgIpc) is 2.71. The van der Waals surface area contributed by atoms with Gasteiger partial charge in [0, 0.05) is 11.3 Å². The van der Waals surface area contributed by atoms with Crippen LogP contribution in [0, 0.1) is 6.92 Å². The molecule has 0 spiro atoms. The van der Waals surface area contributed by atoms with Crippen LogP contribution in [0.4, 0.5) is 5.00 Å². The second-order valence-corrected chi connectivity index (χ2v) is 6.53. The fourth-order valence-electron chi connectivity index (χ4n) is 2.11. The fourth-order valence-corrected chi connectivity index (χ4v) is 3.26. The zero-order chi connectivity index (χ0) is 16.0. The number of rotatable bonds is 7. The highest BCUT2D eigenvalue weighted by molar-refractivity contribution is 7.16. The number of carbonyl (C=O) groups excluding carboxylic acids is 2. The predicted octanol–water partition coefficient (Wildman–Crippen LogP) is 4.31. The molecule has 1 amide bonds. The molecule has 0 aromatic carbocycles. The molecule has 118 valence electrons. The molecule has 1 heterocycles. The largest absolute Gasteiger partial charge is 0.459 e. The first kappa shape index (κ1) is 17.7. The van der Waals surface area contributed by atoms with Crippen LogP contribution in [0.2, 0.25) is 0 Å². The molecule has 0 aliphatic rings. The van der Waals surface area contributed by atoms with Crippen LogP contribution in [0.3, 0.4) is 0 Å². The average molecular weight is 311 g/mol. The van der Waals surface area contributed by atoms with Gasteiger partial charge in [-0.1, -0.05) is 20.3 Å². The minimum Gasteiger partial charge on any atom is -0.459 e. The van der Waals surface area contributed by atoms with Crippen molar-refractivity contribution in [2.45, 2.75) is 66.4 Å². The van der Waals surface area contributed by atoms with Gasteiger partial charge in [0.1, 0.15) is 5.00 Å². The van der Waals surface area contributed by atoms with Crippen molar-refractivity contribution in [3.63, 3.8) is 0 Å². The molecule has 21 heavy (non-hydrogen) atoms. The second kappa shape index (κ2) is 8.17. The number of hydrogen-bond donors (Lipinski definition) is 1. The van der Waals surface area contributed by atoms with Gasteiger partial charge in [0.15, 0.2) is 0 Å². The van der Waals surface area contributed by atoms with E-state index in [0.29, 0.717) is 17.0 Å². The summed E-state index contributed by atoms with van der Waals surface area (Å²) in [4.78, 5) is 25.3. The minimum absolute atomic E-state index is 0.0423. The van der Waals surface area contributed by atoms with Crippen LogP contribution in [-0.4, -0.2) is 18.0 Å². The number of carbonyl (C=O) groups is 2.